The van der Waals surface area contributed by atoms with Gasteiger partial charge < -0.3 is 10.2 Å². The molecule has 7 nitrogen and oxygen atoms in total. The number of aryl methyl sites for hydroxylation is 1. The maximum Gasteiger partial charge on any atom is 0.244 e. The monoisotopic (exact) mass is 505 g/mol. The number of anilines is 1. The van der Waals surface area contributed by atoms with Crippen molar-refractivity contribution in [3.05, 3.63) is 64.7 Å². The number of hydrogen-bond acceptors (Lipinski definition) is 4. The van der Waals surface area contributed by atoms with Crippen LogP contribution in [0.2, 0.25) is 5.02 Å². The summed E-state index contributed by atoms with van der Waals surface area (Å²) in [5, 5.41) is 3.53. The van der Waals surface area contributed by atoms with Gasteiger partial charge in [0.1, 0.15) is 12.6 Å². The van der Waals surface area contributed by atoms with Crippen LogP contribution in [0, 0.1) is 6.92 Å². The summed E-state index contributed by atoms with van der Waals surface area (Å²) in [6, 6.07) is 13.5. The van der Waals surface area contributed by atoms with E-state index in [0.717, 1.165) is 41.8 Å². The highest BCUT2D eigenvalue weighted by Gasteiger charge is 2.31. The Morgan fingerprint density at radius 2 is 1.76 bits per heavy atom. The number of carbonyl (C=O) groups excluding carboxylic acids is 2. The van der Waals surface area contributed by atoms with Crippen molar-refractivity contribution in [1.29, 1.82) is 0 Å². The second-order valence-electron chi connectivity index (χ2n) is 8.87. The SMILES string of the molecule is Cc1cc(Cl)ccc1N(CC(=O)N(Cc1ccccc1)[C@H](C)C(=O)NC1CCCC1)S(C)(=O)=O. The summed E-state index contributed by atoms with van der Waals surface area (Å²) in [4.78, 5) is 28.0. The molecule has 34 heavy (non-hydrogen) atoms. The Bertz CT molecular complexity index is 1120. The van der Waals surface area contributed by atoms with Crippen LogP contribution in [-0.4, -0.2) is 50.0 Å². The van der Waals surface area contributed by atoms with E-state index in [-0.39, 0.29) is 18.5 Å². The number of carbonyl (C=O) groups is 2. The van der Waals surface area contributed by atoms with Crippen LogP contribution >= 0.6 is 11.6 Å². The van der Waals surface area contributed by atoms with E-state index < -0.39 is 28.5 Å². The van der Waals surface area contributed by atoms with Crippen LogP contribution in [0.15, 0.2) is 48.5 Å². The number of benzene rings is 2. The second-order valence-corrected chi connectivity index (χ2v) is 11.2. The molecule has 0 saturated heterocycles. The molecule has 0 aliphatic heterocycles. The highest BCUT2D eigenvalue weighted by atomic mass is 35.5. The standard InChI is InChI=1S/C25H32ClN3O4S/c1-18-15-21(26)13-14-23(18)29(34(3,32)33)17-24(30)28(16-20-9-5-4-6-10-20)19(2)25(31)27-22-11-7-8-12-22/h4-6,9-10,13-15,19,22H,7-8,11-12,16-17H2,1-3H3,(H,27,31)/t19-/m1/s1. The first-order valence-electron chi connectivity index (χ1n) is 11.4. The number of amides is 2. The summed E-state index contributed by atoms with van der Waals surface area (Å²) in [6.45, 7) is 3.19. The van der Waals surface area contributed by atoms with Gasteiger partial charge in [-0.2, -0.15) is 0 Å². The van der Waals surface area contributed by atoms with E-state index in [1.165, 1.54) is 4.90 Å². The van der Waals surface area contributed by atoms with Crippen LogP contribution < -0.4 is 9.62 Å². The lowest BCUT2D eigenvalue weighted by molar-refractivity contribution is -0.139. The average Bonchev–Trinajstić information content (AvgIpc) is 3.28. The van der Waals surface area contributed by atoms with Gasteiger partial charge in [0.05, 0.1) is 11.9 Å². The third kappa shape index (κ3) is 6.73. The van der Waals surface area contributed by atoms with Gasteiger partial charge in [0, 0.05) is 17.6 Å². The van der Waals surface area contributed by atoms with E-state index in [0.29, 0.717) is 16.3 Å². The smallest absolute Gasteiger partial charge is 0.244 e. The summed E-state index contributed by atoms with van der Waals surface area (Å²) in [5.41, 5.74) is 1.86. The van der Waals surface area contributed by atoms with Crippen LogP contribution in [0.3, 0.4) is 0 Å². The Kier molecular flexibility index (Phi) is 8.60. The Labute approximate surface area is 207 Å². The van der Waals surface area contributed by atoms with E-state index in [9.17, 15) is 18.0 Å². The van der Waals surface area contributed by atoms with E-state index in [4.69, 9.17) is 11.6 Å². The van der Waals surface area contributed by atoms with Crippen molar-refractivity contribution in [2.75, 3.05) is 17.1 Å². The van der Waals surface area contributed by atoms with Gasteiger partial charge in [-0.1, -0.05) is 54.8 Å². The summed E-state index contributed by atoms with van der Waals surface area (Å²) in [6.07, 6.45) is 5.09. The Morgan fingerprint density at radius 1 is 1.12 bits per heavy atom. The van der Waals surface area contributed by atoms with Crippen LogP contribution in [0.4, 0.5) is 5.69 Å². The van der Waals surface area contributed by atoms with Crippen molar-refractivity contribution >= 4 is 39.1 Å². The third-order valence-corrected chi connectivity index (χ3v) is 7.53. The average molecular weight is 506 g/mol. The number of nitrogens with one attached hydrogen (secondary N) is 1. The molecular formula is C25H32ClN3O4S. The molecule has 3 rings (SSSR count). The molecule has 0 spiro atoms. The molecule has 1 aliphatic rings. The molecule has 2 aromatic rings. The topological polar surface area (TPSA) is 86.8 Å². The molecule has 1 aliphatic carbocycles. The van der Waals surface area contributed by atoms with Crippen LogP contribution in [-0.2, 0) is 26.2 Å². The van der Waals surface area contributed by atoms with E-state index in [2.05, 4.69) is 5.32 Å². The van der Waals surface area contributed by atoms with Crippen molar-refractivity contribution in [2.24, 2.45) is 0 Å². The van der Waals surface area contributed by atoms with Gasteiger partial charge in [-0.15, -0.1) is 0 Å². The molecule has 0 aromatic heterocycles. The van der Waals surface area contributed by atoms with Gasteiger partial charge in [0.15, 0.2) is 0 Å². The molecule has 2 amide bonds. The largest absolute Gasteiger partial charge is 0.352 e. The molecule has 1 atom stereocenters. The Morgan fingerprint density at radius 3 is 2.35 bits per heavy atom. The van der Waals surface area contributed by atoms with Crippen molar-refractivity contribution in [3.63, 3.8) is 0 Å². The molecule has 1 saturated carbocycles. The number of nitrogens with zero attached hydrogens (tertiary/aromatic N) is 2. The molecule has 1 N–H and O–H groups in total. The number of hydrogen-bond donors (Lipinski definition) is 1. The Hall–Kier alpha value is -2.58. The molecule has 0 bridgehead atoms. The minimum atomic E-state index is -3.78. The molecule has 0 radical (unpaired) electrons. The zero-order valence-electron chi connectivity index (χ0n) is 19.8. The maximum atomic E-state index is 13.6. The zero-order chi connectivity index (χ0) is 24.9. The lowest BCUT2D eigenvalue weighted by Crippen LogP contribution is -2.52. The fraction of sp³-hybridized carbons (Fsp3) is 0.440. The van der Waals surface area contributed by atoms with Gasteiger partial charge >= 0.3 is 0 Å². The minimum Gasteiger partial charge on any atom is -0.352 e. The third-order valence-electron chi connectivity index (χ3n) is 6.17. The molecular weight excluding hydrogens is 474 g/mol. The van der Waals surface area contributed by atoms with Crippen molar-refractivity contribution in [3.8, 4) is 0 Å². The van der Waals surface area contributed by atoms with Gasteiger partial charge in [0.25, 0.3) is 0 Å². The lowest BCUT2D eigenvalue weighted by Gasteiger charge is -2.32. The highest BCUT2D eigenvalue weighted by Crippen LogP contribution is 2.26. The van der Waals surface area contributed by atoms with Gasteiger partial charge in [0.2, 0.25) is 21.8 Å². The first-order valence-corrected chi connectivity index (χ1v) is 13.7. The van der Waals surface area contributed by atoms with Gasteiger partial charge in [-0.25, -0.2) is 8.42 Å². The van der Waals surface area contributed by atoms with Crippen molar-refractivity contribution in [2.45, 2.75) is 58.2 Å². The van der Waals surface area contributed by atoms with Crippen LogP contribution in [0.5, 0.6) is 0 Å². The van der Waals surface area contributed by atoms with E-state index in [1.54, 1.807) is 32.0 Å². The van der Waals surface area contributed by atoms with Gasteiger partial charge in [-0.3, -0.25) is 13.9 Å². The minimum absolute atomic E-state index is 0.118. The normalized spacial score (nSPS) is 15.1. The van der Waals surface area contributed by atoms with Gasteiger partial charge in [-0.05, 0) is 56.0 Å². The summed E-state index contributed by atoms with van der Waals surface area (Å²) in [5.74, 6) is -0.692. The van der Waals surface area contributed by atoms with E-state index >= 15 is 0 Å². The fourth-order valence-corrected chi connectivity index (χ4v) is 5.38. The number of rotatable bonds is 9. The zero-order valence-corrected chi connectivity index (χ0v) is 21.4. The number of sulfonamides is 1. The van der Waals surface area contributed by atoms with Crippen molar-refractivity contribution in [1.82, 2.24) is 10.2 Å². The molecule has 184 valence electrons. The summed E-state index contributed by atoms with van der Waals surface area (Å²) in [7, 11) is -3.78. The predicted molar refractivity (Wildman–Crippen MR) is 135 cm³/mol. The van der Waals surface area contributed by atoms with Crippen LogP contribution in [0.1, 0.15) is 43.7 Å². The lowest BCUT2D eigenvalue weighted by atomic mass is 10.1. The first-order chi connectivity index (χ1) is 16.1. The second kappa shape index (κ2) is 11.2. The summed E-state index contributed by atoms with van der Waals surface area (Å²) < 4.78 is 26.4. The van der Waals surface area contributed by atoms with Crippen LogP contribution in [0.25, 0.3) is 0 Å². The van der Waals surface area contributed by atoms with E-state index in [1.807, 2.05) is 30.3 Å². The summed E-state index contributed by atoms with van der Waals surface area (Å²) >= 11 is 6.04. The molecule has 1 fully saturated rings. The first kappa shape index (κ1) is 26.0. The predicted octanol–water partition coefficient (Wildman–Crippen LogP) is 3.89. The molecule has 2 aromatic carbocycles. The number of halogens is 1. The van der Waals surface area contributed by atoms with Crippen molar-refractivity contribution < 1.29 is 18.0 Å². The molecule has 0 unspecified atom stereocenters. The molecule has 9 heteroatoms. The highest BCUT2D eigenvalue weighted by molar-refractivity contribution is 7.92. The Balaban J connectivity index is 1.88. The maximum absolute atomic E-state index is 13.6. The molecule has 0 heterocycles. The fourth-order valence-electron chi connectivity index (χ4n) is 4.25. The quantitative estimate of drug-likeness (QED) is 0.560.